The first-order valence-electron chi connectivity index (χ1n) is 5.64. The normalized spacial score (nSPS) is 16.2. The predicted molar refractivity (Wildman–Crippen MR) is 61.5 cm³/mol. The summed E-state index contributed by atoms with van der Waals surface area (Å²) in [6.07, 6.45) is 10.6. The van der Waals surface area contributed by atoms with Crippen LogP contribution in [-0.2, 0) is 9.59 Å². The van der Waals surface area contributed by atoms with Crippen molar-refractivity contribution in [3.05, 3.63) is 0 Å². The minimum absolute atomic E-state index is 0.0412. The molecule has 2 amide bonds. The molecule has 1 rings (SSSR count). The van der Waals surface area contributed by atoms with Crippen LogP contribution in [-0.4, -0.2) is 36.3 Å². The van der Waals surface area contributed by atoms with E-state index in [0.29, 0.717) is 0 Å². The molecule has 1 aliphatic carbocycles. The predicted octanol–water partition coefficient (Wildman–Crippen LogP) is 0.527. The van der Waals surface area contributed by atoms with Crippen molar-refractivity contribution in [3.8, 4) is 12.3 Å². The number of carbonyl (C=O) groups is 2. The van der Waals surface area contributed by atoms with E-state index in [4.69, 9.17) is 6.42 Å². The Balaban J connectivity index is 2.30. The van der Waals surface area contributed by atoms with E-state index in [1.54, 1.807) is 0 Å². The molecule has 88 valence electrons. The standard InChI is InChI=1S/C12H18N2O2/c1-3-12(16)14(2)9-11(15)13-10-7-5-4-6-8-10/h1,10H,4-9H2,2H3,(H,13,15). The zero-order valence-corrected chi connectivity index (χ0v) is 9.66. The van der Waals surface area contributed by atoms with Gasteiger partial charge in [0.25, 0.3) is 5.91 Å². The molecule has 0 heterocycles. The van der Waals surface area contributed by atoms with Crippen LogP contribution in [0.25, 0.3) is 0 Å². The monoisotopic (exact) mass is 222 g/mol. The molecule has 1 saturated carbocycles. The quantitative estimate of drug-likeness (QED) is 0.708. The Kier molecular flexibility index (Phi) is 4.84. The van der Waals surface area contributed by atoms with Crippen molar-refractivity contribution in [1.82, 2.24) is 10.2 Å². The van der Waals surface area contributed by atoms with Gasteiger partial charge in [0.05, 0.1) is 0 Å². The summed E-state index contributed by atoms with van der Waals surface area (Å²) in [5, 5.41) is 2.93. The number of nitrogens with zero attached hydrogens (tertiary/aromatic N) is 1. The second-order valence-electron chi connectivity index (χ2n) is 4.21. The molecule has 0 radical (unpaired) electrons. The highest BCUT2D eigenvalue weighted by molar-refractivity contribution is 5.95. The van der Waals surface area contributed by atoms with Gasteiger partial charge in [-0.15, -0.1) is 6.42 Å². The van der Waals surface area contributed by atoms with Gasteiger partial charge < -0.3 is 10.2 Å². The summed E-state index contributed by atoms with van der Waals surface area (Å²) in [6.45, 7) is 0.0412. The number of likely N-dealkylation sites (N-methyl/N-ethyl adjacent to an activating group) is 1. The third-order valence-electron chi connectivity index (χ3n) is 2.82. The molecule has 0 bridgehead atoms. The second-order valence-corrected chi connectivity index (χ2v) is 4.21. The Morgan fingerprint density at radius 3 is 2.56 bits per heavy atom. The lowest BCUT2D eigenvalue weighted by Crippen LogP contribution is -2.43. The molecule has 0 aromatic rings. The zero-order chi connectivity index (χ0) is 12.0. The maximum atomic E-state index is 11.6. The summed E-state index contributed by atoms with van der Waals surface area (Å²) in [4.78, 5) is 23.9. The third kappa shape index (κ3) is 3.93. The minimum Gasteiger partial charge on any atom is -0.352 e. The van der Waals surface area contributed by atoms with Gasteiger partial charge in [0.2, 0.25) is 5.91 Å². The summed E-state index contributed by atoms with van der Waals surface area (Å²) in [5.74, 6) is 1.39. The van der Waals surface area contributed by atoms with E-state index in [9.17, 15) is 9.59 Å². The maximum Gasteiger partial charge on any atom is 0.298 e. The number of terminal acetylenes is 1. The van der Waals surface area contributed by atoms with E-state index in [1.807, 2.05) is 5.92 Å². The van der Waals surface area contributed by atoms with Crippen LogP contribution in [0, 0.1) is 12.3 Å². The summed E-state index contributed by atoms with van der Waals surface area (Å²) in [7, 11) is 1.53. The van der Waals surface area contributed by atoms with Crippen molar-refractivity contribution < 1.29 is 9.59 Å². The number of hydrogen-bond acceptors (Lipinski definition) is 2. The lowest BCUT2D eigenvalue weighted by atomic mass is 9.95. The first kappa shape index (κ1) is 12.6. The van der Waals surface area contributed by atoms with Crippen molar-refractivity contribution in [2.75, 3.05) is 13.6 Å². The van der Waals surface area contributed by atoms with E-state index >= 15 is 0 Å². The summed E-state index contributed by atoms with van der Waals surface area (Å²) in [5.41, 5.74) is 0. The van der Waals surface area contributed by atoms with Crippen molar-refractivity contribution in [1.29, 1.82) is 0 Å². The highest BCUT2D eigenvalue weighted by Crippen LogP contribution is 2.17. The van der Waals surface area contributed by atoms with Crippen molar-refractivity contribution in [3.63, 3.8) is 0 Å². The smallest absolute Gasteiger partial charge is 0.298 e. The van der Waals surface area contributed by atoms with Crippen LogP contribution < -0.4 is 5.32 Å². The molecule has 16 heavy (non-hydrogen) atoms. The number of carbonyl (C=O) groups excluding carboxylic acids is 2. The van der Waals surface area contributed by atoms with Crippen LogP contribution in [0.2, 0.25) is 0 Å². The van der Waals surface area contributed by atoms with E-state index < -0.39 is 5.91 Å². The summed E-state index contributed by atoms with van der Waals surface area (Å²) >= 11 is 0. The number of nitrogens with one attached hydrogen (secondary N) is 1. The topological polar surface area (TPSA) is 49.4 Å². The van der Waals surface area contributed by atoms with Crippen LogP contribution in [0.3, 0.4) is 0 Å². The molecule has 1 fully saturated rings. The van der Waals surface area contributed by atoms with Crippen molar-refractivity contribution >= 4 is 11.8 Å². The first-order valence-corrected chi connectivity index (χ1v) is 5.64. The minimum atomic E-state index is -0.459. The van der Waals surface area contributed by atoms with Crippen molar-refractivity contribution in [2.45, 2.75) is 38.1 Å². The maximum absolute atomic E-state index is 11.6. The number of rotatable bonds is 3. The van der Waals surface area contributed by atoms with Gasteiger partial charge in [-0.05, 0) is 18.8 Å². The first-order chi connectivity index (χ1) is 7.63. The van der Waals surface area contributed by atoms with E-state index in [1.165, 1.54) is 31.2 Å². The van der Waals surface area contributed by atoms with E-state index in [2.05, 4.69) is 5.32 Å². The Morgan fingerprint density at radius 1 is 1.38 bits per heavy atom. The van der Waals surface area contributed by atoms with E-state index in [-0.39, 0.29) is 18.5 Å². The van der Waals surface area contributed by atoms with Crippen LogP contribution in [0.1, 0.15) is 32.1 Å². The molecule has 0 aromatic carbocycles. The van der Waals surface area contributed by atoms with Crippen LogP contribution in [0.15, 0.2) is 0 Å². The SMILES string of the molecule is C#CC(=O)N(C)CC(=O)NC1CCCCC1. The molecule has 1 aliphatic rings. The fraction of sp³-hybridized carbons (Fsp3) is 0.667. The molecule has 0 spiro atoms. The van der Waals surface area contributed by atoms with Gasteiger partial charge in [-0.1, -0.05) is 19.3 Å². The molecule has 0 aliphatic heterocycles. The van der Waals surface area contributed by atoms with Crippen LogP contribution >= 0.6 is 0 Å². The fourth-order valence-electron chi connectivity index (χ4n) is 1.92. The fourth-order valence-corrected chi connectivity index (χ4v) is 1.92. The molecule has 0 unspecified atom stereocenters. The Hall–Kier alpha value is -1.50. The molecular weight excluding hydrogens is 204 g/mol. The zero-order valence-electron chi connectivity index (χ0n) is 9.66. The van der Waals surface area contributed by atoms with E-state index in [0.717, 1.165) is 12.8 Å². The largest absolute Gasteiger partial charge is 0.352 e. The molecule has 4 nitrogen and oxygen atoms in total. The number of hydrogen-bond donors (Lipinski definition) is 1. The van der Waals surface area contributed by atoms with Crippen LogP contribution in [0.5, 0.6) is 0 Å². The van der Waals surface area contributed by atoms with Gasteiger partial charge >= 0.3 is 0 Å². The van der Waals surface area contributed by atoms with Gasteiger partial charge in [-0.3, -0.25) is 9.59 Å². The lowest BCUT2D eigenvalue weighted by molar-refractivity contribution is -0.131. The average Bonchev–Trinajstić information content (AvgIpc) is 2.29. The molecular formula is C12H18N2O2. The average molecular weight is 222 g/mol. The van der Waals surface area contributed by atoms with Gasteiger partial charge in [0.1, 0.15) is 6.54 Å². The molecule has 4 heteroatoms. The van der Waals surface area contributed by atoms with Gasteiger partial charge in [-0.25, -0.2) is 0 Å². The lowest BCUT2D eigenvalue weighted by Gasteiger charge is -2.23. The number of amides is 2. The molecule has 0 aromatic heterocycles. The third-order valence-corrected chi connectivity index (χ3v) is 2.82. The highest BCUT2D eigenvalue weighted by Gasteiger charge is 2.17. The van der Waals surface area contributed by atoms with Crippen molar-refractivity contribution in [2.24, 2.45) is 0 Å². The summed E-state index contributed by atoms with van der Waals surface area (Å²) < 4.78 is 0. The highest BCUT2D eigenvalue weighted by atomic mass is 16.2. The van der Waals surface area contributed by atoms with Gasteiger partial charge in [0.15, 0.2) is 0 Å². The molecule has 0 saturated heterocycles. The van der Waals surface area contributed by atoms with Gasteiger partial charge in [-0.2, -0.15) is 0 Å². The molecule has 0 atom stereocenters. The molecule has 1 N–H and O–H groups in total. The summed E-state index contributed by atoms with van der Waals surface area (Å²) in [6, 6.07) is 0.274. The van der Waals surface area contributed by atoms with Gasteiger partial charge in [0, 0.05) is 13.1 Å². The second kappa shape index (κ2) is 6.16. The Bertz CT molecular complexity index is 301. The Labute approximate surface area is 96.4 Å². The van der Waals surface area contributed by atoms with Crippen LogP contribution in [0.4, 0.5) is 0 Å². The Morgan fingerprint density at radius 2 is 2.00 bits per heavy atom.